The largest absolute Gasteiger partial charge is 0.379 e. The molecule has 0 aromatic carbocycles. The lowest BCUT2D eigenvalue weighted by molar-refractivity contribution is -0.183. The van der Waals surface area contributed by atoms with Crippen molar-refractivity contribution >= 4 is 0 Å². The normalized spacial score (nSPS) is 14.5. The molecule has 0 amide bonds. The molecule has 1 atom stereocenters. The second kappa shape index (κ2) is 6.22. The minimum absolute atomic E-state index is 0.0625. The zero-order chi connectivity index (χ0) is 10.4. The van der Waals surface area contributed by atoms with Gasteiger partial charge in [0.15, 0.2) is 6.29 Å². The van der Waals surface area contributed by atoms with E-state index in [0.29, 0.717) is 0 Å². The Morgan fingerprint density at radius 3 is 1.92 bits per heavy atom. The van der Waals surface area contributed by atoms with Crippen LogP contribution in [0.3, 0.4) is 0 Å². The molecule has 0 radical (unpaired) electrons. The van der Waals surface area contributed by atoms with Gasteiger partial charge in [0.2, 0.25) is 6.41 Å². The minimum atomic E-state index is -1.79. The van der Waals surface area contributed by atoms with Gasteiger partial charge in [0, 0.05) is 6.54 Å². The van der Waals surface area contributed by atoms with Crippen molar-refractivity contribution < 1.29 is 25.5 Å². The van der Waals surface area contributed by atoms with E-state index in [2.05, 4.69) is 0 Å². The lowest BCUT2D eigenvalue weighted by atomic mass is 10.3. The van der Waals surface area contributed by atoms with Gasteiger partial charge in [-0.05, 0) is 6.42 Å². The molecule has 0 aliphatic heterocycles. The average Bonchev–Trinajstić information content (AvgIpc) is 1.96. The first-order chi connectivity index (χ1) is 5.93. The molecule has 0 saturated carbocycles. The van der Waals surface area contributed by atoms with Gasteiger partial charge in [0.25, 0.3) is 0 Å². The molecule has 0 heterocycles. The van der Waals surface area contributed by atoms with E-state index in [1.807, 2.05) is 0 Å². The van der Waals surface area contributed by atoms with Crippen LogP contribution in [0.5, 0.6) is 0 Å². The molecule has 0 aromatic heterocycles. The summed E-state index contributed by atoms with van der Waals surface area (Å²) in [6.07, 6.45) is -4.39. The fraction of sp³-hybridized carbons (Fsp3) is 1.00. The van der Waals surface area contributed by atoms with Crippen LogP contribution >= 0.6 is 0 Å². The molecule has 0 saturated heterocycles. The molecule has 0 aromatic rings. The van der Waals surface area contributed by atoms with Crippen molar-refractivity contribution in [2.45, 2.75) is 25.4 Å². The maximum Gasteiger partial charge on any atom is 0.213 e. The summed E-state index contributed by atoms with van der Waals surface area (Å²) in [7, 11) is 0. The van der Waals surface area contributed by atoms with E-state index in [1.165, 1.54) is 0 Å². The van der Waals surface area contributed by atoms with E-state index in [4.69, 9.17) is 31.3 Å². The first-order valence-electron chi connectivity index (χ1n) is 3.83. The van der Waals surface area contributed by atoms with Crippen LogP contribution in [0.4, 0.5) is 0 Å². The number of hydrogen-bond donors (Lipinski definition) is 6. The van der Waals surface area contributed by atoms with Gasteiger partial charge in [-0.1, -0.05) is 0 Å². The second-order valence-electron chi connectivity index (χ2n) is 2.68. The van der Waals surface area contributed by atoms with Crippen molar-refractivity contribution in [2.24, 2.45) is 5.73 Å². The average molecular weight is 196 g/mol. The van der Waals surface area contributed by atoms with Crippen LogP contribution < -0.4 is 5.73 Å². The lowest BCUT2D eigenvalue weighted by Gasteiger charge is -2.24. The SMILES string of the molecule is NC(O)CCN(CC(O)O)C(O)O. The predicted molar refractivity (Wildman–Crippen MR) is 42.8 cm³/mol. The molecule has 80 valence electrons. The van der Waals surface area contributed by atoms with Crippen molar-refractivity contribution in [3.8, 4) is 0 Å². The topological polar surface area (TPSA) is 130 Å². The van der Waals surface area contributed by atoms with Gasteiger partial charge in [-0.15, -0.1) is 0 Å². The Morgan fingerprint density at radius 2 is 1.62 bits per heavy atom. The summed E-state index contributed by atoms with van der Waals surface area (Å²) >= 11 is 0. The standard InChI is InChI=1S/C6H16N2O5/c7-4(9)1-2-8(6(12)13)3-5(10)11/h4-6,9-13H,1-3,7H2. The molecule has 7 N–H and O–H groups in total. The monoisotopic (exact) mass is 196 g/mol. The number of aliphatic hydroxyl groups is 5. The van der Waals surface area contributed by atoms with Crippen LogP contribution in [0.15, 0.2) is 0 Å². The molecule has 0 fully saturated rings. The molecular weight excluding hydrogens is 180 g/mol. The summed E-state index contributed by atoms with van der Waals surface area (Å²) in [6.45, 7) is -0.253. The smallest absolute Gasteiger partial charge is 0.213 e. The molecular formula is C6H16N2O5. The summed E-state index contributed by atoms with van der Waals surface area (Å²) in [4.78, 5) is 0.959. The first-order valence-corrected chi connectivity index (χ1v) is 3.83. The van der Waals surface area contributed by atoms with Gasteiger partial charge >= 0.3 is 0 Å². The zero-order valence-corrected chi connectivity index (χ0v) is 7.11. The Kier molecular flexibility index (Phi) is 6.08. The Hall–Kier alpha value is -0.280. The van der Waals surface area contributed by atoms with Gasteiger partial charge < -0.3 is 31.3 Å². The summed E-state index contributed by atoms with van der Waals surface area (Å²) in [6, 6.07) is 0. The first kappa shape index (κ1) is 12.7. The second-order valence-corrected chi connectivity index (χ2v) is 2.68. The van der Waals surface area contributed by atoms with Crippen molar-refractivity contribution in [3.63, 3.8) is 0 Å². The third-order valence-electron chi connectivity index (χ3n) is 1.44. The zero-order valence-electron chi connectivity index (χ0n) is 7.11. The molecule has 0 aliphatic carbocycles. The van der Waals surface area contributed by atoms with Crippen LogP contribution in [0.1, 0.15) is 6.42 Å². The minimum Gasteiger partial charge on any atom is -0.379 e. The summed E-state index contributed by atoms with van der Waals surface area (Å²) < 4.78 is 0. The van der Waals surface area contributed by atoms with Gasteiger partial charge in [0.05, 0.1) is 6.54 Å². The summed E-state index contributed by atoms with van der Waals surface area (Å²) in [5, 5.41) is 43.2. The molecule has 1 unspecified atom stereocenters. The lowest BCUT2D eigenvalue weighted by Crippen LogP contribution is -2.42. The molecule has 0 bridgehead atoms. The summed E-state index contributed by atoms with van der Waals surface area (Å²) in [5.41, 5.74) is 5.01. The van der Waals surface area contributed by atoms with Crippen LogP contribution in [0, 0.1) is 0 Å². The highest BCUT2D eigenvalue weighted by molar-refractivity contribution is 4.58. The van der Waals surface area contributed by atoms with Crippen LogP contribution in [0.2, 0.25) is 0 Å². The van der Waals surface area contributed by atoms with Crippen LogP contribution in [-0.4, -0.2) is 62.5 Å². The highest BCUT2D eigenvalue weighted by Gasteiger charge is 2.15. The van der Waals surface area contributed by atoms with E-state index in [-0.39, 0.29) is 19.5 Å². The van der Waals surface area contributed by atoms with Gasteiger partial charge in [-0.25, -0.2) is 0 Å². The van der Waals surface area contributed by atoms with Crippen LogP contribution in [-0.2, 0) is 0 Å². The molecule has 0 rings (SSSR count). The predicted octanol–water partition coefficient (Wildman–Crippen LogP) is -3.47. The number of rotatable bonds is 6. The number of nitrogens with two attached hydrogens (primary N) is 1. The Labute approximate surface area is 75.6 Å². The van der Waals surface area contributed by atoms with Gasteiger partial charge in [0.1, 0.15) is 6.23 Å². The molecule has 0 spiro atoms. The third kappa shape index (κ3) is 6.84. The van der Waals surface area contributed by atoms with E-state index in [0.717, 1.165) is 4.90 Å². The number of hydrogen-bond acceptors (Lipinski definition) is 7. The molecule has 7 heteroatoms. The quantitative estimate of drug-likeness (QED) is 0.243. The number of aliphatic hydroxyl groups excluding tert-OH is 3. The molecule has 0 aliphatic rings. The van der Waals surface area contributed by atoms with Gasteiger partial charge in [-0.2, -0.15) is 0 Å². The van der Waals surface area contributed by atoms with Crippen molar-refractivity contribution in [1.82, 2.24) is 4.90 Å². The van der Waals surface area contributed by atoms with Crippen LogP contribution in [0.25, 0.3) is 0 Å². The highest BCUT2D eigenvalue weighted by atomic mass is 16.5. The van der Waals surface area contributed by atoms with E-state index in [9.17, 15) is 0 Å². The van der Waals surface area contributed by atoms with E-state index in [1.54, 1.807) is 0 Å². The highest BCUT2D eigenvalue weighted by Crippen LogP contribution is 1.97. The molecule has 7 nitrogen and oxygen atoms in total. The van der Waals surface area contributed by atoms with Crippen molar-refractivity contribution in [2.75, 3.05) is 13.1 Å². The maximum atomic E-state index is 8.71. The Bertz CT molecular complexity index is 130. The third-order valence-corrected chi connectivity index (χ3v) is 1.44. The van der Waals surface area contributed by atoms with E-state index < -0.39 is 18.9 Å². The van der Waals surface area contributed by atoms with Crippen molar-refractivity contribution in [1.29, 1.82) is 0 Å². The van der Waals surface area contributed by atoms with Gasteiger partial charge in [-0.3, -0.25) is 4.90 Å². The maximum absolute atomic E-state index is 8.71. The number of nitrogens with zero attached hydrogens (tertiary/aromatic N) is 1. The van der Waals surface area contributed by atoms with Crippen molar-refractivity contribution in [3.05, 3.63) is 0 Å². The Balaban J connectivity index is 3.81. The summed E-state index contributed by atoms with van der Waals surface area (Å²) in [5.74, 6) is 0. The van der Waals surface area contributed by atoms with E-state index >= 15 is 0 Å². The fourth-order valence-corrected chi connectivity index (χ4v) is 0.809. The Morgan fingerprint density at radius 1 is 1.08 bits per heavy atom. The fourth-order valence-electron chi connectivity index (χ4n) is 0.809. The molecule has 13 heavy (non-hydrogen) atoms.